The van der Waals surface area contributed by atoms with Crippen molar-refractivity contribution >= 4 is 28.9 Å². The van der Waals surface area contributed by atoms with Crippen molar-refractivity contribution in [2.45, 2.75) is 0 Å². The van der Waals surface area contributed by atoms with Crippen LogP contribution in [-0.4, -0.2) is 32.7 Å². The largest absolute Gasteiger partial charge is 0.497 e. The van der Waals surface area contributed by atoms with Gasteiger partial charge >= 0.3 is 5.97 Å². The van der Waals surface area contributed by atoms with Crippen molar-refractivity contribution in [1.82, 2.24) is 0 Å². The highest BCUT2D eigenvalue weighted by atomic mass is 32.1. The van der Waals surface area contributed by atoms with Gasteiger partial charge in [0.1, 0.15) is 22.2 Å². The highest BCUT2D eigenvalue weighted by Crippen LogP contribution is 2.29. The molecule has 3 rings (SSSR count). The van der Waals surface area contributed by atoms with E-state index in [1.54, 1.807) is 42.5 Å². The van der Waals surface area contributed by atoms with Crippen LogP contribution >= 0.6 is 11.3 Å². The van der Waals surface area contributed by atoms with E-state index in [1.807, 2.05) is 0 Å². The molecule has 150 valence electrons. The molecule has 1 N–H and O–H groups in total. The number of anilines is 1. The average Bonchev–Trinajstić information content (AvgIpc) is 3.22. The average molecular weight is 415 g/mol. The third-order valence-corrected chi connectivity index (χ3v) is 5.02. The monoisotopic (exact) mass is 415 g/mol. The predicted molar refractivity (Wildman–Crippen MR) is 108 cm³/mol. The van der Waals surface area contributed by atoms with Gasteiger partial charge < -0.3 is 19.5 Å². The van der Waals surface area contributed by atoms with Crippen molar-refractivity contribution in [1.29, 1.82) is 0 Å². The highest BCUT2D eigenvalue weighted by Gasteiger charge is 2.14. The van der Waals surface area contributed by atoms with Gasteiger partial charge in [0.05, 0.1) is 14.2 Å². The van der Waals surface area contributed by atoms with Gasteiger partial charge in [-0.1, -0.05) is 12.1 Å². The quantitative estimate of drug-likeness (QED) is 0.580. The number of carbonyl (C=O) groups excluding carboxylic acids is 2. The molecule has 6 nitrogen and oxygen atoms in total. The first-order valence-corrected chi connectivity index (χ1v) is 9.36. The molecular weight excluding hydrogens is 397 g/mol. The summed E-state index contributed by atoms with van der Waals surface area (Å²) in [6.07, 6.45) is 0. The highest BCUT2D eigenvalue weighted by molar-refractivity contribution is 7.17. The molecule has 0 spiro atoms. The first kappa shape index (κ1) is 20.3. The minimum Gasteiger partial charge on any atom is -0.497 e. The summed E-state index contributed by atoms with van der Waals surface area (Å²) in [6, 6.07) is 14.2. The third-order valence-electron chi connectivity index (χ3n) is 3.91. The number of hydrogen-bond donors (Lipinski definition) is 1. The fourth-order valence-corrected chi connectivity index (χ4v) is 3.40. The summed E-state index contributed by atoms with van der Waals surface area (Å²) in [6.45, 7) is -0.442. The minimum absolute atomic E-state index is 0.329. The molecule has 1 aromatic heterocycles. The lowest BCUT2D eigenvalue weighted by molar-refractivity contribution is -0.119. The van der Waals surface area contributed by atoms with E-state index in [0.29, 0.717) is 22.1 Å². The molecular formula is C21H18FNO5S. The number of hydrogen-bond acceptors (Lipinski definition) is 6. The zero-order valence-corrected chi connectivity index (χ0v) is 16.5. The lowest BCUT2D eigenvalue weighted by atomic mass is 10.2. The Morgan fingerprint density at radius 3 is 2.24 bits per heavy atom. The van der Waals surface area contributed by atoms with Crippen molar-refractivity contribution in [3.63, 3.8) is 0 Å². The Labute approximate surface area is 170 Å². The number of carbonyl (C=O) groups is 2. The van der Waals surface area contributed by atoms with E-state index < -0.39 is 18.5 Å². The molecule has 0 radical (unpaired) electrons. The number of esters is 1. The summed E-state index contributed by atoms with van der Waals surface area (Å²) in [5.41, 5.74) is 1.25. The van der Waals surface area contributed by atoms with Gasteiger partial charge in [-0.3, -0.25) is 4.79 Å². The van der Waals surface area contributed by atoms with Crippen LogP contribution in [0.15, 0.2) is 54.6 Å². The molecule has 0 saturated heterocycles. The van der Waals surface area contributed by atoms with E-state index in [-0.39, 0.29) is 5.82 Å². The SMILES string of the molecule is COc1cc(NC(=O)COC(=O)c2ccc(-c3ccc(F)cc3)s2)cc(OC)c1. The smallest absolute Gasteiger partial charge is 0.348 e. The molecule has 8 heteroatoms. The summed E-state index contributed by atoms with van der Waals surface area (Å²) in [5, 5.41) is 2.63. The summed E-state index contributed by atoms with van der Waals surface area (Å²) in [4.78, 5) is 25.5. The van der Waals surface area contributed by atoms with Crippen LogP contribution < -0.4 is 14.8 Å². The third kappa shape index (κ3) is 5.32. The first-order valence-electron chi connectivity index (χ1n) is 8.54. The number of thiophene rings is 1. The van der Waals surface area contributed by atoms with Crippen LogP contribution in [0.2, 0.25) is 0 Å². The Kier molecular flexibility index (Phi) is 6.46. The van der Waals surface area contributed by atoms with Gasteiger partial charge in [0, 0.05) is 28.8 Å². The maximum absolute atomic E-state index is 13.0. The van der Waals surface area contributed by atoms with Crippen LogP contribution in [-0.2, 0) is 9.53 Å². The van der Waals surface area contributed by atoms with Gasteiger partial charge in [0.2, 0.25) is 0 Å². The van der Waals surface area contributed by atoms with Crippen LogP contribution in [0.4, 0.5) is 10.1 Å². The number of methoxy groups -OCH3 is 2. The predicted octanol–water partition coefficient (Wildman–Crippen LogP) is 4.37. The van der Waals surface area contributed by atoms with Crippen molar-refractivity contribution < 1.29 is 28.2 Å². The van der Waals surface area contributed by atoms with E-state index in [0.717, 1.165) is 10.4 Å². The van der Waals surface area contributed by atoms with Crippen LogP contribution in [0.1, 0.15) is 9.67 Å². The maximum atomic E-state index is 13.0. The van der Waals surface area contributed by atoms with Gasteiger partial charge in [-0.05, 0) is 29.8 Å². The molecule has 0 fully saturated rings. The molecule has 2 aromatic carbocycles. The molecule has 0 aliphatic rings. The van der Waals surface area contributed by atoms with E-state index in [4.69, 9.17) is 14.2 Å². The fraction of sp³-hybridized carbons (Fsp3) is 0.143. The Morgan fingerprint density at radius 1 is 0.966 bits per heavy atom. The second-order valence-corrected chi connectivity index (χ2v) is 6.98. The summed E-state index contributed by atoms with van der Waals surface area (Å²) < 4.78 is 28.4. The second kappa shape index (κ2) is 9.20. The minimum atomic E-state index is -0.610. The Balaban J connectivity index is 1.58. The van der Waals surface area contributed by atoms with Gasteiger partial charge in [0.25, 0.3) is 5.91 Å². The number of rotatable bonds is 7. The van der Waals surface area contributed by atoms with E-state index in [2.05, 4.69) is 5.32 Å². The molecule has 29 heavy (non-hydrogen) atoms. The molecule has 0 unspecified atom stereocenters. The first-order chi connectivity index (χ1) is 14.0. The normalized spacial score (nSPS) is 10.3. The standard InChI is InChI=1S/C21H18FNO5S/c1-26-16-9-15(10-17(11-16)27-2)23-20(24)12-28-21(25)19-8-7-18(29-19)13-3-5-14(22)6-4-13/h3-11H,12H2,1-2H3,(H,23,24). The number of ether oxygens (including phenoxy) is 3. The summed E-state index contributed by atoms with van der Waals surface area (Å²) in [5.74, 6) is -0.401. The van der Waals surface area contributed by atoms with Crippen molar-refractivity contribution in [3.8, 4) is 21.9 Å². The Morgan fingerprint density at radius 2 is 1.62 bits per heavy atom. The lowest BCUT2D eigenvalue weighted by Crippen LogP contribution is -2.20. The zero-order chi connectivity index (χ0) is 20.8. The second-order valence-electron chi connectivity index (χ2n) is 5.90. The topological polar surface area (TPSA) is 73.9 Å². The molecule has 0 aliphatic heterocycles. The summed E-state index contributed by atoms with van der Waals surface area (Å²) in [7, 11) is 3.01. The summed E-state index contributed by atoms with van der Waals surface area (Å²) >= 11 is 1.20. The van der Waals surface area contributed by atoms with E-state index in [1.165, 1.54) is 37.7 Å². The van der Waals surface area contributed by atoms with Crippen LogP contribution in [0.3, 0.4) is 0 Å². The number of halogens is 1. The molecule has 0 saturated carbocycles. The van der Waals surface area contributed by atoms with Crippen molar-refractivity contribution in [2.24, 2.45) is 0 Å². The van der Waals surface area contributed by atoms with Crippen molar-refractivity contribution in [3.05, 3.63) is 65.3 Å². The number of benzene rings is 2. The number of amides is 1. The number of nitrogens with one attached hydrogen (secondary N) is 1. The molecule has 0 bridgehead atoms. The molecule has 1 amide bonds. The molecule has 0 aliphatic carbocycles. The van der Waals surface area contributed by atoms with E-state index in [9.17, 15) is 14.0 Å². The molecule has 3 aromatic rings. The lowest BCUT2D eigenvalue weighted by Gasteiger charge is -2.10. The maximum Gasteiger partial charge on any atom is 0.348 e. The van der Waals surface area contributed by atoms with Gasteiger partial charge in [-0.25, -0.2) is 9.18 Å². The Hall–Kier alpha value is -3.39. The van der Waals surface area contributed by atoms with E-state index >= 15 is 0 Å². The van der Waals surface area contributed by atoms with Crippen molar-refractivity contribution in [2.75, 3.05) is 26.1 Å². The van der Waals surface area contributed by atoms with Crippen LogP contribution in [0, 0.1) is 5.82 Å². The van der Waals surface area contributed by atoms with Gasteiger partial charge in [-0.15, -0.1) is 11.3 Å². The van der Waals surface area contributed by atoms with Gasteiger partial charge in [-0.2, -0.15) is 0 Å². The Bertz CT molecular complexity index is 994. The fourth-order valence-electron chi connectivity index (χ4n) is 2.50. The molecule has 0 atom stereocenters. The van der Waals surface area contributed by atoms with Crippen LogP contribution in [0.25, 0.3) is 10.4 Å². The van der Waals surface area contributed by atoms with Crippen LogP contribution in [0.5, 0.6) is 11.5 Å². The van der Waals surface area contributed by atoms with Gasteiger partial charge in [0.15, 0.2) is 6.61 Å². The molecule has 1 heterocycles. The zero-order valence-electron chi connectivity index (χ0n) is 15.7.